The summed E-state index contributed by atoms with van der Waals surface area (Å²) in [5.74, 6) is -0.505. The van der Waals surface area contributed by atoms with Gasteiger partial charge in [-0.1, -0.05) is 54.1 Å². The fourth-order valence-corrected chi connectivity index (χ4v) is 1.73. The fraction of sp³-hybridized carbons (Fsp3) is 0.0714. The van der Waals surface area contributed by atoms with E-state index in [1.807, 2.05) is 6.07 Å². The van der Waals surface area contributed by atoms with E-state index in [2.05, 4.69) is 5.32 Å². The van der Waals surface area contributed by atoms with Crippen molar-refractivity contribution in [3.05, 3.63) is 65.2 Å². The second kappa shape index (κ2) is 5.67. The van der Waals surface area contributed by atoms with Crippen LogP contribution >= 0.6 is 11.6 Å². The van der Waals surface area contributed by atoms with Crippen LogP contribution < -0.4 is 5.32 Å². The molecule has 1 amide bonds. The molecule has 0 spiro atoms. The van der Waals surface area contributed by atoms with Gasteiger partial charge in [0.05, 0.1) is 10.7 Å². The molecular weight excluding hydrogens is 250 g/mol. The van der Waals surface area contributed by atoms with Gasteiger partial charge in [-0.2, -0.15) is 0 Å². The third kappa shape index (κ3) is 2.88. The van der Waals surface area contributed by atoms with E-state index in [-0.39, 0.29) is 0 Å². The highest BCUT2D eigenvalue weighted by Gasteiger charge is 2.17. The maximum atomic E-state index is 11.8. The lowest BCUT2D eigenvalue weighted by Gasteiger charge is -2.12. The highest BCUT2D eigenvalue weighted by atomic mass is 35.5. The van der Waals surface area contributed by atoms with Crippen molar-refractivity contribution < 1.29 is 9.90 Å². The van der Waals surface area contributed by atoms with Crippen molar-refractivity contribution >= 4 is 23.2 Å². The van der Waals surface area contributed by atoms with Gasteiger partial charge >= 0.3 is 0 Å². The minimum atomic E-state index is -1.21. The van der Waals surface area contributed by atoms with Gasteiger partial charge in [0.25, 0.3) is 5.91 Å². The van der Waals surface area contributed by atoms with Crippen molar-refractivity contribution in [2.24, 2.45) is 0 Å². The first-order valence-corrected chi connectivity index (χ1v) is 5.84. The quantitative estimate of drug-likeness (QED) is 0.892. The standard InChI is InChI=1S/C14H12ClNO2/c15-11-8-4-5-9-12(11)16-14(18)13(17)10-6-2-1-3-7-10/h1-9,13,17H,(H,16,18)/t13-/m1/s1. The molecule has 0 saturated carbocycles. The highest BCUT2D eigenvalue weighted by molar-refractivity contribution is 6.33. The normalized spacial score (nSPS) is 11.9. The van der Waals surface area contributed by atoms with Gasteiger partial charge in [0.2, 0.25) is 0 Å². The fourth-order valence-electron chi connectivity index (χ4n) is 1.55. The number of para-hydroxylation sites is 1. The van der Waals surface area contributed by atoms with Crippen molar-refractivity contribution in [3.8, 4) is 0 Å². The molecule has 0 unspecified atom stereocenters. The maximum absolute atomic E-state index is 11.8. The zero-order valence-electron chi connectivity index (χ0n) is 9.51. The van der Waals surface area contributed by atoms with E-state index in [1.54, 1.807) is 48.5 Å². The number of carbonyl (C=O) groups is 1. The second-order valence-electron chi connectivity index (χ2n) is 3.78. The number of anilines is 1. The summed E-state index contributed by atoms with van der Waals surface area (Å²) >= 11 is 5.92. The van der Waals surface area contributed by atoms with Gasteiger partial charge in [-0.15, -0.1) is 0 Å². The van der Waals surface area contributed by atoms with Crippen LogP contribution in [0.15, 0.2) is 54.6 Å². The van der Waals surface area contributed by atoms with Crippen LogP contribution in [0.2, 0.25) is 5.02 Å². The minimum Gasteiger partial charge on any atom is -0.378 e. The lowest BCUT2D eigenvalue weighted by atomic mass is 10.1. The number of carbonyl (C=O) groups excluding carboxylic acids is 1. The van der Waals surface area contributed by atoms with E-state index >= 15 is 0 Å². The number of amides is 1. The zero-order chi connectivity index (χ0) is 13.0. The van der Waals surface area contributed by atoms with Crippen LogP contribution in [-0.2, 0) is 4.79 Å². The van der Waals surface area contributed by atoms with Gasteiger partial charge in [-0.25, -0.2) is 0 Å². The molecule has 0 bridgehead atoms. The summed E-state index contributed by atoms with van der Waals surface area (Å²) in [6.07, 6.45) is -1.21. The predicted molar refractivity (Wildman–Crippen MR) is 71.5 cm³/mol. The molecule has 1 atom stereocenters. The lowest BCUT2D eigenvalue weighted by Crippen LogP contribution is -2.20. The first-order chi connectivity index (χ1) is 8.68. The largest absolute Gasteiger partial charge is 0.378 e. The molecule has 3 nitrogen and oxygen atoms in total. The Bertz CT molecular complexity index is 543. The highest BCUT2D eigenvalue weighted by Crippen LogP contribution is 2.22. The molecule has 0 radical (unpaired) electrons. The van der Waals surface area contributed by atoms with Crippen LogP contribution in [0.3, 0.4) is 0 Å². The summed E-state index contributed by atoms with van der Waals surface area (Å²) in [6, 6.07) is 15.6. The molecular formula is C14H12ClNO2. The van der Waals surface area contributed by atoms with Gasteiger partial charge in [-0.05, 0) is 17.7 Å². The summed E-state index contributed by atoms with van der Waals surface area (Å²) in [6.45, 7) is 0. The molecule has 0 aliphatic rings. The molecule has 0 fully saturated rings. The number of rotatable bonds is 3. The maximum Gasteiger partial charge on any atom is 0.257 e. The summed E-state index contributed by atoms with van der Waals surface area (Å²) in [7, 11) is 0. The van der Waals surface area contributed by atoms with Gasteiger partial charge in [-0.3, -0.25) is 4.79 Å². The summed E-state index contributed by atoms with van der Waals surface area (Å²) in [5.41, 5.74) is 1.03. The molecule has 92 valence electrons. The van der Waals surface area contributed by atoms with Gasteiger partial charge in [0.15, 0.2) is 6.10 Å². The van der Waals surface area contributed by atoms with E-state index in [4.69, 9.17) is 11.6 Å². The Hall–Kier alpha value is -1.84. The average Bonchev–Trinajstić information content (AvgIpc) is 2.41. The number of benzene rings is 2. The van der Waals surface area contributed by atoms with E-state index in [9.17, 15) is 9.90 Å². The third-order valence-electron chi connectivity index (χ3n) is 2.50. The first kappa shape index (κ1) is 12.6. The number of nitrogens with one attached hydrogen (secondary N) is 1. The Morgan fingerprint density at radius 2 is 1.67 bits per heavy atom. The molecule has 0 heterocycles. The van der Waals surface area contributed by atoms with Gasteiger partial charge in [0.1, 0.15) is 0 Å². The number of hydrogen-bond acceptors (Lipinski definition) is 2. The number of aliphatic hydroxyl groups excluding tert-OH is 1. The van der Waals surface area contributed by atoms with Crippen molar-refractivity contribution in [1.29, 1.82) is 0 Å². The SMILES string of the molecule is O=C(Nc1ccccc1Cl)[C@H](O)c1ccccc1. The van der Waals surface area contributed by atoms with Crippen molar-refractivity contribution in [1.82, 2.24) is 0 Å². The van der Waals surface area contributed by atoms with Crippen LogP contribution in [0.5, 0.6) is 0 Å². The zero-order valence-corrected chi connectivity index (χ0v) is 10.3. The van der Waals surface area contributed by atoms with Crippen molar-refractivity contribution in [2.45, 2.75) is 6.10 Å². The summed E-state index contributed by atoms with van der Waals surface area (Å²) in [5, 5.41) is 12.9. The Morgan fingerprint density at radius 3 is 2.33 bits per heavy atom. The molecule has 2 rings (SSSR count). The summed E-state index contributed by atoms with van der Waals surface area (Å²) < 4.78 is 0. The smallest absolute Gasteiger partial charge is 0.257 e. The van der Waals surface area contributed by atoms with E-state index < -0.39 is 12.0 Å². The Balaban J connectivity index is 2.12. The second-order valence-corrected chi connectivity index (χ2v) is 4.19. The molecule has 2 aromatic rings. The van der Waals surface area contributed by atoms with Crippen LogP contribution in [0.1, 0.15) is 11.7 Å². The first-order valence-electron chi connectivity index (χ1n) is 5.47. The van der Waals surface area contributed by atoms with E-state index in [0.29, 0.717) is 16.3 Å². The Morgan fingerprint density at radius 1 is 1.06 bits per heavy atom. The molecule has 0 aromatic heterocycles. The third-order valence-corrected chi connectivity index (χ3v) is 2.82. The lowest BCUT2D eigenvalue weighted by molar-refractivity contribution is -0.124. The van der Waals surface area contributed by atoms with Crippen LogP contribution in [-0.4, -0.2) is 11.0 Å². The number of halogens is 1. The number of hydrogen-bond donors (Lipinski definition) is 2. The molecule has 18 heavy (non-hydrogen) atoms. The Labute approximate surface area is 110 Å². The van der Waals surface area contributed by atoms with E-state index in [0.717, 1.165) is 0 Å². The molecule has 0 saturated heterocycles. The van der Waals surface area contributed by atoms with Crippen LogP contribution in [0.25, 0.3) is 0 Å². The van der Waals surface area contributed by atoms with Crippen molar-refractivity contribution in [2.75, 3.05) is 5.32 Å². The van der Waals surface area contributed by atoms with E-state index in [1.165, 1.54) is 0 Å². The van der Waals surface area contributed by atoms with Crippen molar-refractivity contribution in [3.63, 3.8) is 0 Å². The predicted octanol–water partition coefficient (Wildman–Crippen LogP) is 3.01. The topological polar surface area (TPSA) is 49.3 Å². The van der Waals surface area contributed by atoms with Crippen LogP contribution in [0.4, 0.5) is 5.69 Å². The molecule has 0 aliphatic carbocycles. The monoisotopic (exact) mass is 261 g/mol. The van der Waals surface area contributed by atoms with Crippen LogP contribution in [0, 0.1) is 0 Å². The number of aliphatic hydroxyl groups is 1. The molecule has 2 aromatic carbocycles. The Kier molecular flexibility index (Phi) is 3.97. The van der Waals surface area contributed by atoms with Gasteiger partial charge < -0.3 is 10.4 Å². The molecule has 0 aliphatic heterocycles. The molecule has 4 heteroatoms. The average molecular weight is 262 g/mol. The summed E-state index contributed by atoms with van der Waals surface area (Å²) in [4.78, 5) is 11.8. The molecule has 2 N–H and O–H groups in total. The minimum absolute atomic E-state index is 0.436. The van der Waals surface area contributed by atoms with Gasteiger partial charge in [0, 0.05) is 0 Å².